The van der Waals surface area contributed by atoms with Crippen LogP contribution in [0.5, 0.6) is 0 Å². The van der Waals surface area contributed by atoms with Crippen LogP contribution in [-0.2, 0) is 21.4 Å². The molecule has 0 saturated carbocycles. The highest BCUT2D eigenvalue weighted by atomic mass is 35.5. The summed E-state index contributed by atoms with van der Waals surface area (Å²) < 4.78 is 27.8. The molecule has 0 saturated heterocycles. The zero-order valence-electron chi connectivity index (χ0n) is 18.0. The molecule has 0 aromatic heterocycles. The summed E-state index contributed by atoms with van der Waals surface area (Å²) in [5.41, 5.74) is 2.01. The number of aryl methyl sites for hydroxylation is 1. The molecule has 0 aliphatic carbocycles. The van der Waals surface area contributed by atoms with Crippen molar-refractivity contribution in [2.75, 3.05) is 11.9 Å². The number of carbonyl (C=O) groups is 1. The van der Waals surface area contributed by atoms with E-state index in [1.54, 1.807) is 12.1 Å². The van der Waals surface area contributed by atoms with Crippen molar-refractivity contribution in [3.63, 3.8) is 0 Å². The Bertz CT molecular complexity index is 1290. The Kier molecular flexibility index (Phi) is 7.47. The number of hydrogen-bond acceptors (Lipinski definition) is 5. The van der Waals surface area contributed by atoms with Crippen LogP contribution >= 0.6 is 11.6 Å². The van der Waals surface area contributed by atoms with Gasteiger partial charge in [0.25, 0.3) is 5.69 Å². The Balaban J connectivity index is 1.92. The van der Waals surface area contributed by atoms with Crippen molar-refractivity contribution in [1.82, 2.24) is 4.31 Å². The molecule has 1 N–H and O–H groups in total. The molecule has 10 heteroatoms. The number of sulfonamides is 1. The standard InChI is InChI=1S/C23H22ClN3O5S/c1-16-6-3-4-7-18(16)14-26(33(31,32)20-12-10-19(24)11-13-20)15-23(28)25-21-8-5-9-22(17(21)2)27(29)30/h3-13H,14-15H2,1-2H3,(H,25,28). The third kappa shape index (κ3) is 5.75. The van der Waals surface area contributed by atoms with E-state index >= 15 is 0 Å². The number of hydrogen-bond donors (Lipinski definition) is 1. The lowest BCUT2D eigenvalue weighted by molar-refractivity contribution is -0.385. The Morgan fingerprint density at radius 2 is 1.70 bits per heavy atom. The van der Waals surface area contributed by atoms with Crippen molar-refractivity contribution < 1.29 is 18.1 Å². The first-order valence-corrected chi connectivity index (χ1v) is 11.8. The van der Waals surface area contributed by atoms with Gasteiger partial charge in [-0.2, -0.15) is 4.31 Å². The van der Waals surface area contributed by atoms with Gasteiger partial charge in [-0.15, -0.1) is 0 Å². The van der Waals surface area contributed by atoms with Crippen molar-refractivity contribution in [2.45, 2.75) is 25.3 Å². The van der Waals surface area contributed by atoms with Crippen molar-refractivity contribution in [3.8, 4) is 0 Å². The molecule has 0 radical (unpaired) electrons. The van der Waals surface area contributed by atoms with Crippen LogP contribution < -0.4 is 5.32 Å². The molecule has 172 valence electrons. The Morgan fingerprint density at radius 3 is 2.33 bits per heavy atom. The maximum absolute atomic E-state index is 13.4. The van der Waals surface area contributed by atoms with Gasteiger partial charge in [0.05, 0.1) is 27.6 Å². The monoisotopic (exact) mass is 487 g/mol. The van der Waals surface area contributed by atoms with Gasteiger partial charge in [-0.25, -0.2) is 8.42 Å². The van der Waals surface area contributed by atoms with Gasteiger partial charge in [-0.05, 0) is 55.3 Å². The molecular formula is C23H22ClN3O5S. The van der Waals surface area contributed by atoms with E-state index in [2.05, 4.69) is 5.32 Å². The molecule has 0 heterocycles. The van der Waals surface area contributed by atoms with E-state index in [0.29, 0.717) is 5.02 Å². The molecule has 1 amide bonds. The van der Waals surface area contributed by atoms with Gasteiger partial charge in [0.15, 0.2) is 0 Å². The lowest BCUT2D eigenvalue weighted by atomic mass is 10.1. The molecule has 0 atom stereocenters. The second-order valence-corrected chi connectivity index (χ2v) is 9.78. The summed E-state index contributed by atoms with van der Waals surface area (Å²) in [4.78, 5) is 23.5. The third-order valence-corrected chi connectivity index (χ3v) is 7.21. The predicted molar refractivity (Wildman–Crippen MR) is 127 cm³/mol. The number of amides is 1. The number of nitrogens with zero attached hydrogens (tertiary/aromatic N) is 2. The fourth-order valence-corrected chi connectivity index (χ4v) is 4.77. The van der Waals surface area contributed by atoms with Gasteiger partial charge in [-0.3, -0.25) is 14.9 Å². The minimum atomic E-state index is -4.05. The normalized spacial score (nSPS) is 11.4. The Morgan fingerprint density at radius 1 is 1.03 bits per heavy atom. The van der Waals surface area contributed by atoms with Gasteiger partial charge >= 0.3 is 0 Å². The van der Waals surface area contributed by atoms with Crippen LogP contribution in [-0.4, -0.2) is 30.1 Å². The highest BCUT2D eigenvalue weighted by Crippen LogP contribution is 2.26. The Labute approximate surface area is 197 Å². The second kappa shape index (κ2) is 10.1. The van der Waals surface area contributed by atoms with Crippen LogP contribution in [0.25, 0.3) is 0 Å². The van der Waals surface area contributed by atoms with Crippen molar-refractivity contribution >= 4 is 38.9 Å². The van der Waals surface area contributed by atoms with Crippen LogP contribution in [0, 0.1) is 24.0 Å². The highest BCUT2D eigenvalue weighted by molar-refractivity contribution is 7.89. The summed E-state index contributed by atoms with van der Waals surface area (Å²) in [5.74, 6) is -0.621. The van der Waals surface area contributed by atoms with Crippen molar-refractivity contribution in [3.05, 3.63) is 98.6 Å². The number of anilines is 1. The number of nitro groups is 1. The van der Waals surface area contributed by atoms with Gasteiger partial charge in [-0.1, -0.05) is 41.9 Å². The highest BCUT2D eigenvalue weighted by Gasteiger charge is 2.28. The van der Waals surface area contributed by atoms with Crippen LogP contribution in [0.15, 0.2) is 71.6 Å². The maximum atomic E-state index is 13.4. The minimum Gasteiger partial charge on any atom is -0.324 e. The topological polar surface area (TPSA) is 110 Å². The number of rotatable bonds is 8. The molecule has 0 spiro atoms. The van der Waals surface area contributed by atoms with Gasteiger partial charge in [0.1, 0.15) is 0 Å². The van der Waals surface area contributed by atoms with Gasteiger partial charge in [0, 0.05) is 17.6 Å². The maximum Gasteiger partial charge on any atom is 0.274 e. The third-order valence-electron chi connectivity index (χ3n) is 5.16. The number of carbonyl (C=O) groups excluding carboxylic acids is 1. The number of nitrogens with one attached hydrogen (secondary N) is 1. The van der Waals surface area contributed by atoms with E-state index in [1.165, 1.54) is 49.4 Å². The Hall–Kier alpha value is -3.27. The van der Waals surface area contributed by atoms with Crippen LogP contribution in [0.1, 0.15) is 16.7 Å². The van der Waals surface area contributed by atoms with Crippen molar-refractivity contribution in [2.24, 2.45) is 0 Å². The first kappa shape index (κ1) is 24.4. The SMILES string of the molecule is Cc1ccccc1CN(CC(=O)Nc1cccc([N+](=O)[O-])c1C)S(=O)(=O)c1ccc(Cl)cc1. The molecule has 0 aliphatic heterocycles. The molecule has 0 bridgehead atoms. The van der Waals surface area contributed by atoms with E-state index in [4.69, 9.17) is 11.6 Å². The lowest BCUT2D eigenvalue weighted by Crippen LogP contribution is -2.37. The van der Waals surface area contributed by atoms with E-state index in [-0.39, 0.29) is 28.4 Å². The molecule has 0 aliphatic rings. The van der Waals surface area contributed by atoms with Gasteiger partial charge in [0.2, 0.25) is 15.9 Å². The molecular weight excluding hydrogens is 466 g/mol. The van der Waals surface area contributed by atoms with Crippen molar-refractivity contribution in [1.29, 1.82) is 0 Å². The minimum absolute atomic E-state index is 0.000173. The smallest absolute Gasteiger partial charge is 0.274 e. The van der Waals surface area contributed by atoms with E-state index in [9.17, 15) is 23.3 Å². The van der Waals surface area contributed by atoms with E-state index in [0.717, 1.165) is 15.4 Å². The number of benzene rings is 3. The van der Waals surface area contributed by atoms with Crippen LogP contribution in [0.4, 0.5) is 11.4 Å². The average molecular weight is 488 g/mol. The molecule has 3 aromatic carbocycles. The fourth-order valence-electron chi connectivity index (χ4n) is 3.27. The summed E-state index contributed by atoms with van der Waals surface area (Å²) in [6.45, 7) is 2.86. The van der Waals surface area contributed by atoms with Crippen LogP contribution in [0.3, 0.4) is 0 Å². The van der Waals surface area contributed by atoms with Crippen LogP contribution in [0.2, 0.25) is 5.02 Å². The average Bonchev–Trinajstić information content (AvgIpc) is 2.76. The quantitative estimate of drug-likeness (QED) is 0.366. The predicted octanol–water partition coefficient (Wildman–Crippen LogP) is 4.69. The summed E-state index contributed by atoms with van der Waals surface area (Å²) in [5, 5.41) is 14.2. The molecule has 8 nitrogen and oxygen atoms in total. The summed E-state index contributed by atoms with van der Waals surface area (Å²) >= 11 is 5.90. The van der Waals surface area contributed by atoms with E-state index < -0.39 is 27.4 Å². The summed E-state index contributed by atoms with van der Waals surface area (Å²) in [6, 6.07) is 17.3. The summed E-state index contributed by atoms with van der Waals surface area (Å²) in [6.07, 6.45) is 0. The number of nitro benzene ring substituents is 1. The van der Waals surface area contributed by atoms with E-state index in [1.807, 2.05) is 19.1 Å². The molecule has 3 rings (SSSR count). The second-order valence-electron chi connectivity index (χ2n) is 7.41. The fraction of sp³-hybridized carbons (Fsp3) is 0.174. The largest absolute Gasteiger partial charge is 0.324 e. The first-order valence-electron chi connectivity index (χ1n) is 9.93. The molecule has 0 unspecified atom stereocenters. The molecule has 0 fully saturated rings. The zero-order chi connectivity index (χ0) is 24.2. The first-order chi connectivity index (χ1) is 15.6. The van der Waals surface area contributed by atoms with Gasteiger partial charge < -0.3 is 5.32 Å². The molecule has 3 aromatic rings. The summed E-state index contributed by atoms with van der Waals surface area (Å²) in [7, 11) is -4.05. The lowest BCUT2D eigenvalue weighted by Gasteiger charge is -2.23. The zero-order valence-corrected chi connectivity index (χ0v) is 19.6. The number of halogens is 1. The molecule has 33 heavy (non-hydrogen) atoms.